The van der Waals surface area contributed by atoms with Crippen LogP contribution >= 0.6 is 0 Å². The van der Waals surface area contributed by atoms with E-state index in [-0.39, 0.29) is 36.2 Å². The van der Waals surface area contributed by atoms with E-state index in [1.165, 1.54) is 30.5 Å². The summed E-state index contributed by atoms with van der Waals surface area (Å²) in [6.07, 6.45) is 9.55. The summed E-state index contributed by atoms with van der Waals surface area (Å²) in [7, 11) is 1.48. The highest BCUT2D eigenvalue weighted by Gasteiger charge is 2.46. The van der Waals surface area contributed by atoms with Gasteiger partial charge in [-0.05, 0) is 42.9 Å². The molecular formula is C28H27FN10O3. The second-order valence-electron chi connectivity index (χ2n) is 10.8. The van der Waals surface area contributed by atoms with Crippen LogP contribution in [0.3, 0.4) is 0 Å². The van der Waals surface area contributed by atoms with E-state index >= 15 is 0 Å². The summed E-state index contributed by atoms with van der Waals surface area (Å²) in [6, 6.07) is 4.75. The molecule has 0 unspecified atom stereocenters. The zero-order valence-electron chi connectivity index (χ0n) is 22.7. The van der Waals surface area contributed by atoms with Crippen LogP contribution in [0, 0.1) is 5.92 Å². The Hall–Kier alpha value is -5.01. The van der Waals surface area contributed by atoms with Gasteiger partial charge in [0.25, 0.3) is 0 Å². The quantitative estimate of drug-likeness (QED) is 0.289. The lowest BCUT2D eigenvalue weighted by Gasteiger charge is -2.17. The molecule has 13 nitrogen and oxygen atoms in total. The lowest BCUT2D eigenvalue weighted by Crippen LogP contribution is -2.30. The smallest absolute Gasteiger partial charge is 0.331 e. The Labute approximate surface area is 239 Å². The number of likely N-dealkylation sites (N-methyl/N-ethyl adjacent to an activating group) is 1. The molecule has 42 heavy (non-hydrogen) atoms. The summed E-state index contributed by atoms with van der Waals surface area (Å²) in [4.78, 5) is 61.9. The van der Waals surface area contributed by atoms with Crippen molar-refractivity contribution in [2.45, 2.75) is 44.3 Å². The van der Waals surface area contributed by atoms with Crippen LogP contribution in [-0.4, -0.2) is 65.7 Å². The second kappa shape index (κ2) is 10.1. The molecule has 4 amide bonds. The Morgan fingerprint density at radius 1 is 1.07 bits per heavy atom. The fourth-order valence-electron chi connectivity index (χ4n) is 5.22. The zero-order valence-corrected chi connectivity index (χ0v) is 22.7. The normalized spacial score (nSPS) is 20.0. The number of pyridine rings is 1. The molecule has 1 saturated heterocycles. The number of anilines is 3. The van der Waals surface area contributed by atoms with E-state index < -0.39 is 6.67 Å². The Bertz CT molecular complexity index is 1740. The number of nitrogens with one attached hydrogen (secondary N) is 2. The van der Waals surface area contributed by atoms with Gasteiger partial charge in [-0.1, -0.05) is 0 Å². The fraction of sp³-hybridized carbons (Fsp3) is 0.357. The van der Waals surface area contributed by atoms with Crippen LogP contribution in [-0.2, 0) is 22.8 Å². The Balaban J connectivity index is 1.04. The predicted octanol–water partition coefficient (Wildman–Crippen LogP) is 3.01. The van der Waals surface area contributed by atoms with Gasteiger partial charge in [-0.25, -0.2) is 34.1 Å². The third-order valence-electron chi connectivity index (χ3n) is 7.82. The van der Waals surface area contributed by atoms with Crippen LogP contribution in [0.25, 0.3) is 5.65 Å². The number of urea groups is 1. The van der Waals surface area contributed by atoms with E-state index in [9.17, 15) is 18.8 Å². The van der Waals surface area contributed by atoms with Crippen LogP contribution in [0.1, 0.15) is 53.9 Å². The van der Waals surface area contributed by atoms with Gasteiger partial charge in [-0.15, -0.1) is 0 Å². The van der Waals surface area contributed by atoms with Crippen molar-refractivity contribution in [2.75, 3.05) is 29.1 Å². The van der Waals surface area contributed by atoms with Gasteiger partial charge in [-0.2, -0.15) is 0 Å². The number of halogens is 1. The van der Waals surface area contributed by atoms with Gasteiger partial charge in [0.15, 0.2) is 5.65 Å². The number of carbonyl (C=O) groups is 3. The average Bonchev–Trinajstić information content (AvgIpc) is 3.93. The standard InChI is InChI=1S/C28H27FN10O3/c1-37-24(40)13-39(28(37)42)21-6-16(15-2-3-15)11-38-12-18(35-26(21)38)10-31-22-8-23(33-14-32-22)36-27(41)20-7-19(20)25-30-5-4-17(9-29)34-25/h4-6,8,11-12,14-15,19-20H,2-3,7,9-10,13H2,1H3,(H2,31,32,33,36,41)/t19-,20-/m0/s1. The molecule has 0 spiro atoms. The Kier molecular flexibility index (Phi) is 6.25. The number of alkyl halides is 1. The van der Waals surface area contributed by atoms with Crippen molar-refractivity contribution in [1.82, 2.24) is 34.2 Å². The first-order valence-corrected chi connectivity index (χ1v) is 13.7. The summed E-state index contributed by atoms with van der Waals surface area (Å²) < 4.78 is 14.8. The molecule has 4 aromatic rings. The number of imide groups is 1. The largest absolute Gasteiger partial charge is 0.364 e. The molecule has 2 aliphatic carbocycles. The number of amides is 4. The lowest BCUT2D eigenvalue weighted by molar-refractivity contribution is -0.124. The number of fused-ring (bicyclic) bond motifs is 1. The maximum atomic E-state index is 12.9. The van der Waals surface area contributed by atoms with Crippen LogP contribution in [0.5, 0.6) is 0 Å². The summed E-state index contributed by atoms with van der Waals surface area (Å²) in [5, 5.41) is 6.03. The number of carbonyl (C=O) groups excluding carboxylic acids is 3. The summed E-state index contributed by atoms with van der Waals surface area (Å²) >= 11 is 0. The summed E-state index contributed by atoms with van der Waals surface area (Å²) in [5.41, 5.74) is 3.31. The molecule has 3 aliphatic rings. The third kappa shape index (κ3) is 4.88. The molecule has 5 heterocycles. The number of imidazole rings is 1. The van der Waals surface area contributed by atoms with Crippen molar-refractivity contribution in [3.63, 3.8) is 0 Å². The third-order valence-corrected chi connectivity index (χ3v) is 7.82. The molecule has 0 aromatic carbocycles. The first-order valence-electron chi connectivity index (χ1n) is 13.7. The van der Waals surface area contributed by atoms with E-state index in [1.807, 2.05) is 22.9 Å². The molecular weight excluding hydrogens is 543 g/mol. The highest BCUT2D eigenvalue weighted by molar-refractivity contribution is 6.13. The summed E-state index contributed by atoms with van der Waals surface area (Å²) in [6.45, 7) is -0.373. The number of rotatable bonds is 9. The minimum Gasteiger partial charge on any atom is -0.364 e. The van der Waals surface area contributed by atoms with E-state index in [2.05, 4.69) is 30.6 Å². The zero-order chi connectivity index (χ0) is 29.0. The van der Waals surface area contributed by atoms with Gasteiger partial charge in [-0.3, -0.25) is 19.4 Å². The first kappa shape index (κ1) is 25.9. The van der Waals surface area contributed by atoms with Gasteiger partial charge in [0, 0.05) is 43.5 Å². The molecule has 2 saturated carbocycles. The highest BCUT2D eigenvalue weighted by Crippen LogP contribution is 2.46. The van der Waals surface area contributed by atoms with Gasteiger partial charge in [0.1, 0.15) is 37.0 Å². The van der Waals surface area contributed by atoms with Crippen molar-refractivity contribution in [2.24, 2.45) is 5.92 Å². The van der Waals surface area contributed by atoms with E-state index in [4.69, 9.17) is 4.98 Å². The molecule has 7 rings (SSSR count). The van der Waals surface area contributed by atoms with Crippen molar-refractivity contribution in [1.29, 1.82) is 0 Å². The van der Waals surface area contributed by atoms with Crippen LogP contribution in [0.4, 0.5) is 26.5 Å². The second-order valence-corrected chi connectivity index (χ2v) is 10.8. The van der Waals surface area contributed by atoms with Gasteiger partial charge in [0.05, 0.1) is 23.6 Å². The lowest BCUT2D eigenvalue weighted by atomic mass is 10.1. The van der Waals surface area contributed by atoms with Crippen molar-refractivity contribution >= 4 is 40.8 Å². The highest BCUT2D eigenvalue weighted by atomic mass is 19.1. The molecule has 4 aromatic heterocycles. The SMILES string of the molecule is CN1C(=O)CN(c2cc(C3CC3)cn3cc(CNc4cc(NC(=O)[C@H]5C[C@@H]5c5nccc(CF)n5)ncn4)nc23)C1=O. The van der Waals surface area contributed by atoms with E-state index in [0.717, 1.165) is 23.3 Å². The molecule has 2 N–H and O–H groups in total. The van der Waals surface area contributed by atoms with Gasteiger partial charge < -0.3 is 15.0 Å². The van der Waals surface area contributed by atoms with Crippen molar-refractivity contribution in [3.05, 3.63) is 65.9 Å². The first-order chi connectivity index (χ1) is 20.4. The minimum atomic E-state index is -0.676. The van der Waals surface area contributed by atoms with Crippen LogP contribution in [0.15, 0.2) is 43.1 Å². The molecule has 1 aliphatic heterocycles. The molecule has 0 radical (unpaired) electrons. The Morgan fingerprint density at radius 3 is 2.67 bits per heavy atom. The van der Waals surface area contributed by atoms with E-state index in [0.29, 0.717) is 59.1 Å². The monoisotopic (exact) mass is 570 g/mol. The fourth-order valence-corrected chi connectivity index (χ4v) is 5.22. The topological polar surface area (TPSA) is 151 Å². The minimum absolute atomic E-state index is 0.0202. The van der Waals surface area contributed by atoms with Gasteiger partial charge >= 0.3 is 6.03 Å². The number of hydrogen-bond donors (Lipinski definition) is 2. The molecule has 3 fully saturated rings. The van der Waals surface area contributed by atoms with Crippen LogP contribution in [0.2, 0.25) is 0 Å². The predicted molar refractivity (Wildman–Crippen MR) is 148 cm³/mol. The maximum Gasteiger partial charge on any atom is 0.331 e. The van der Waals surface area contributed by atoms with Crippen molar-refractivity contribution in [3.8, 4) is 0 Å². The Morgan fingerprint density at radius 2 is 1.90 bits per heavy atom. The number of aromatic nitrogens is 6. The van der Waals surface area contributed by atoms with Gasteiger partial charge in [0.2, 0.25) is 11.8 Å². The number of nitrogens with zero attached hydrogens (tertiary/aromatic N) is 8. The maximum absolute atomic E-state index is 12.9. The van der Waals surface area contributed by atoms with Crippen LogP contribution < -0.4 is 15.5 Å². The molecule has 214 valence electrons. The molecule has 14 heteroatoms. The molecule has 2 atom stereocenters. The van der Waals surface area contributed by atoms with Crippen molar-refractivity contribution < 1.29 is 18.8 Å². The average molecular weight is 571 g/mol. The molecule has 0 bridgehead atoms. The van der Waals surface area contributed by atoms with E-state index in [1.54, 1.807) is 6.07 Å². The summed E-state index contributed by atoms with van der Waals surface area (Å²) in [5.74, 6) is 0.825. The number of hydrogen-bond acceptors (Lipinski definition) is 9.